The van der Waals surface area contributed by atoms with Crippen molar-refractivity contribution in [1.29, 1.82) is 0 Å². The third-order valence-corrected chi connectivity index (χ3v) is 4.91. The summed E-state index contributed by atoms with van der Waals surface area (Å²) in [6.45, 7) is 5.05. The van der Waals surface area contributed by atoms with E-state index in [0.29, 0.717) is 19.0 Å². The minimum atomic E-state index is -0.249. The van der Waals surface area contributed by atoms with Crippen LogP contribution in [0.25, 0.3) is 0 Å². The first-order valence-electron chi connectivity index (χ1n) is 8.45. The van der Waals surface area contributed by atoms with Gasteiger partial charge in [-0.2, -0.15) is 0 Å². The molecule has 3 unspecified atom stereocenters. The first-order valence-corrected chi connectivity index (χ1v) is 8.45. The fourth-order valence-corrected chi connectivity index (χ4v) is 3.53. The molecule has 3 atom stereocenters. The van der Waals surface area contributed by atoms with Crippen molar-refractivity contribution in [2.75, 3.05) is 19.6 Å². The molecule has 2 aliphatic heterocycles. The molecule has 1 amide bonds. The van der Waals surface area contributed by atoms with E-state index in [9.17, 15) is 9.18 Å². The van der Waals surface area contributed by atoms with Crippen LogP contribution in [-0.2, 0) is 4.79 Å². The van der Waals surface area contributed by atoms with Crippen LogP contribution in [0.3, 0.4) is 0 Å². The molecule has 126 valence electrons. The Morgan fingerprint density at radius 3 is 2.87 bits per heavy atom. The standard InChI is InChI=1S/C17H25FN4O/c1-2-22-9-3-4-14(22)11-19-17(23)16-10-15(20-21-16)12-5-7-13(18)8-6-12/h5-8,14-16,20-21H,2-4,9-11H2,1H3,(H,19,23). The molecule has 6 heteroatoms. The number of likely N-dealkylation sites (tertiary alicyclic amines) is 1. The summed E-state index contributed by atoms with van der Waals surface area (Å²) in [6.07, 6.45) is 3.03. The van der Waals surface area contributed by atoms with Crippen molar-refractivity contribution in [3.8, 4) is 0 Å². The van der Waals surface area contributed by atoms with Crippen molar-refractivity contribution in [3.63, 3.8) is 0 Å². The number of nitrogens with zero attached hydrogens (tertiary/aromatic N) is 1. The second kappa shape index (κ2) is 7.38. The van der Waals surface area contributed by atoms with E-state index in [4.69, 9.17) is 0 Å². The topological polar surface area (TPSA) is 56.4 Å². The maximum Gasteiger partial charge on any atom is 0.238 e. The van der Waals surface area contributed by atoms with Crippen LogP contribution in [0.4, 0.5) is 4.39 Å². The smallest absolute Gasteiger partial charge is 0.238 e. The van der Waals surface area contributed by atoms with E-state index >= 15 is 0 Å². The van der Waals surface area contributed by atoms with E-state index < -0.39 is 0 Å². The first-order chi connectivity index (χ1) is 11.2. The van der Waals surface area contributed by atoms with Gasteiger partial charge in [0.2, 0.25) is 5.91 Å². The van der Waals surface area contributed by atoms with E-state index in [1.165, 1.54) is 18.6 Å². The number of carbonyl (C=O) groups is 1. The molecule has 0 aliphatic carbocycles. The van der Waals surface area contributed by atoms with Gasteiger partial charge in [-0.15, -0.1) is 0 Å². The van der Waals surface area contributed by atoms with Crippen molar-refractivity contribution in [2.45, 2.75) is 44.3 Å². The molecule has 0 bridgehead atoms. The second-order valence-electron chi connectivity index (χ2n) is 6.35. The highest BCUT2D eigenvalue weighted by molar-refractivity contribution is 5.82. The van der Waals surface area contributed by atoms with Gasteiger partial charge < -0.3 is 5.32 Å². The van der Waals surface area contributed by atoms with Crippen LogP contribution in [0.5, 0.6) is 0 Å². The predicted octanol–water partition coefficient (Wildman–Crippen LogP) is 1.33. The number of hydrogen-bond acceptors (Lipinski definition) is 4. The summed E-state index contributed by atoms with van der Waals surface area (Å²) in [4.78, 5) is 14.8. The summed E-state index contributed by atoms with van der Waals surface area (Å²) in [7, 11) is 0. The van der Waals surface area contributed by atoms with Gasteiger partial charge in [0, 0.05) is 18.6 Å². The fourth-order valence-electron chi connectivity index (χ4n) is 3.53. The Balaban J connectivity index is 1.48. The van der Waals surface area contributed by atoms with Gasteiger partial charge in [0.15, 0.2) is 0 Å². The maximum atomic E-state index is 13.0. The van der Waals surface area contributed by atoms with Crippen LogP contribution in [0.1, 0.15) is 37.8 Å². The number of carbonyl (C=O) groups excluding carboxylic acids is 1. The van der Waals surface area contributed by atoms with Crippen LogP contribution in [0.2, 0.25) is 0 Å². The third kappa shape index (κ3) is 3.88. The van der Waals surface area contributed by atoms with Gasteiger partial charge in [0.25, 0.3) is 0 Å². The number of benzene rings is 1. The molecule has 0 aromatic heterocycles. The largest absolute Gasteiger partial charge is 0.353 e. The molecule has 2 saturated heterocycles. The van der Waals surface area contributed by atoms with Crippen LogP contribution >= 0.6 is 0 Å². The molecule has 2 fully saturated rings. The molecule has 2 heterocycles. The zero-order valence-corrected chi connectivity index (χ0v) is 13.5. The average molecular weight is 320 g/mol. The van der Waals surface area contributed by atoms with Gasteiger partial charge in [0.1, 0.15) is 11.9 Å². The molecule has 5 nitrogen and oxygen atoms in total. The fraction of sp³-hybridized carbons (Fsp3) is 0.588. The van der Waals surface area contributed by atoms with Crippen molar-refractivity contribution < 1.29 is 9.18 Å². The predicted molar refractivity (Wildman–Crippen MR) is 87.1 cm³/mol. The van der Waals surface area contributed by atoms with Crippen LogP contribution in [0, 0.1) is 5.82 Å². The highest BCUT2D eigenvalue weighted by Gasteiger charge is 2.31. The van der Waals surface area contributed by atoms with Gasteiger partial charge in [-0.05, 0) is 50.0 Å². The summed E-state index contributed by atoms with van der Waals surface area (Å²) >= 11 is 0. The summed E-state index contributed by atoms with van der Waals surface area (Å²) in [5, 5.41) is 3.07. The lowest BCUT2D eigenvalue weighted by molar-refractivity contribution is -0.123. The average Bonchev–Trinajstić information content (AvgIpc) is 3.22. The van der Waals surface area contributed by atoms with E-state index in [2.05, 4.69) is 28.0 Å². The third-order valence-electron chi connectivity index (χ3n) is 4.91. The quantitative estimate of drug-likeness (QED) is 0.766. The molecule has 0 saturated carbocycles. The zero-order valence-electron chi connectivity index (χ0n) is 13.5. The number of hydrogen-bond donors (Lipinski definition) is 3. The lowest BCUT2D eigenvalue weighted by Crippen LogP contribution is -2.47. The van der Waals surface area contributed by atoms with E-state index in [1.54, 1.807) is 12.1 Å². The minimum Gasteiger partial charge on any atom is -0.353 e. The SMILES string of the molecule is CCN1CCCC1CNC(=O)C1CC(c2ccc(F)cc2)NN1. The van der Waals surface area contributed by atoms with Crippen LogP contribution in [-0.4, -0.2) is 42.5 Å². The first kappa shape index (κ1) is 16.4. The number of halogens is 1. The van der Waals surface area contributed by atoms with Gasteiger partial charge in [0.05, 0.1) is 0 Å². The number of hydrazine groups is 1. The highest BCUT2D eigenvalue weighted by Crippen LogP contribution is 2.22. The van der Waals surface area contributed by atoms with Gasteiger partial charge in [-0.1, -0.05) is 19.1 Å². The van der Waals surface area contributed by atoms with E-state index in [0.717, 1.165) is 25.1 Å². The van der Waals surface area contributed by atoms with Crippen molar-refractivity contribution in [3.05, 3.63) is 35.6 Å². The lowest BCUT2D eigenvalue weighted by atomic mass is 10.0. The van der Waals surface area contributed by atoms with Gasteiger partial charge in [-0.3, -0.25) is 9.69 Å². The highest BCUT2D eigenvalue weighted by atomic mass is 19.1. The minimum absolute atomic E-state index is 0.0324. The monoisotopic (exact) mass is 320 g/mol. The number of nitrogens with one attached hydrogen (secondary N) is 3. The lowest BCUT2D eigenvalue weighted by Gasteiger charge is -2.23. The second-order valence-corrected chi connectivity index (χ2v) is 6.35. The van der Waals surface area contributed by atoms with Crippen LogP contribution < -0.4 is 16.2 Å². The zero-order chi connectivity index (χ0) is 16.2. The molecule has 0 radical (unpaired) electrons. The van der Waals surface area contributed by atoms with E-state index in [1.807, 2.05) is 0 Å². The normalized spacial score (nSPS) is 28.2. The molecule has 0 spiro atoms. The Labute approximate surface area is 136 Å². The van der Waals surface area contributed by atoms with E-state index in [-0.39, 0.29) is 23.8 Å². The van der Waals surface area contributed by atoms with Crippen molar-refractivity contribution in [1.82, 2.24) is 21.1 Å². The molecular weight excluding hydrogens is 295 g/mol. The maximum absolute atomic E-state index is 13.0. The number of rotatable bonds is 5. The number of likely N-dealkylation sites (N-methyl/N-ethyl adjacent to an activating group) is 1. The Morgan fingerprint density at radius 2 is 2.13 bits per heavy atom. The summed E-state index contributed by atoms with van der Waals surface area (Å²) in [5.41, 5.74) is 7.17. The Kier molecular flexibility index (Phi) is 5.25. The molecular formula is C17H25FN4O. The molecule has 1 aromatic rings. The van der Waals surface area contributed by atoms with Crippen molar-refractivity contribution in [2.24, 2.45) is 0 Å². The molecule has 23 heavy (non-hydrogen) atoms. The molecule has 2 aliphatic rings. The molecule has 3 N–H and O–H groups in total. The van der Waals surface area contributed by atoms with Crippen LogP contribution in [0.15, 0.2) is 24.3 Å². The van der Waals surface area contributed by atoms with Gasteiger partial charge >= 0.3 is 0 Å². The Morgan fingerprint density at radius 1 is 1.35 bits per heavy atom. The summed E-state index contributed by atoms with van der Waals surface area (Å²) < 4.78 is 13.0. The molecule has 1 aromatic carbocycles. The van der Waals surface area contributed by atoms with Crippen molar-refractivity contribution >= 4 is 5.91 Å². The summed E-state index contributed by atoms with van der Waals surface area (Å²) in [5.74, 6) is -0.212. The Bertz CT molecular complexity index is 536. The summed E-state index contributed by atoms with van der Waals surface area (Å²) in [6, 6.07) is 6.66. The number of amides is 1. The Hall–Kier alpha value is -1.50. The molecule has 3 rings (SSSR count). The van der Waals surface area contributed by atoms with Gasteiger partial charge in [-0.25, -0.2) is 15.2 Å².